The summed E-state index contributed by atoms with van der Waals surface area (Å²) in [6.07, 6.45) is 3.70. The van der Waals surface area contributed by atoms with E-state index in [9.17, 15) is 13.2 Å². The van der Waals surface area contributed by atoms with Crippen molar-refractivity contribution < 1.29 is 17.9 Å². The third kappa shape index (κ3) is 4.31. The van der Waals surface area contributed by atoms with Crippen LogP contribution in [0.3, 0.4) is 0 Å². The number of carbonyl (C=O) groups excluding carboxylic acids is 1. The zero-order valence-electron chi connectivity index (χ0n) is 13.5. The number of ether oxygens (including phenoxy) is 1. The lowest BCUT2D eigenvalue weighted by atomic mass is 10.2. The van der Waals surface area contributed by atoms with Gasteiger partial charge in [0, 0.05) is 19.5 Å². The van der Waals surface area contributed by atoms with Crippen LogP contribution in [0.25, 0.3) is 0 Å². The molecule has 0 atom stereocenters. The highest BCUT2D eigenvalue weighted by molar-refractivity contribution is 7.90. The molecule has 1 aromatic rings. The monoisotopic (exact) mass is 338 g/mol. The van der Waals surface area contributed by atoms with Gasteiger partial charge in [0.2, 0.25) is 0 Å². The molecule has 6 nitrogen and oxygen atoms in total. The molecule has 1 aliphatic rings. The van der Waals surface area contributed by atoms with E-state index in [0.717, 1.165) is 32.4 Å². The van der Waals surface area contributed by atoms with Crippen molar-refractivity contribution in [3.8, 4) is 0 Å². The molecule has 0 aliphatic carbocycles. The standard InChI is InChI=1S/C16H22N2O4S/c1-3-4-11-18-12-5-6-15(18)17-23(20,21)14-9-7-13(8-10-14)16(19)22-2/h7-10H,3-6,11-12H2,1-2H3/b17-15+. The van der Waals surface area contributed by atoms with Gasteiger partial charge in [-0.25, -0.2) is 4.79 Å². The molecule has 7 heteroatoms. The minimum Gasteiger partial charge on any atom is -0.465 e. The zero-order valence-corrected chi connectivity index (χ0v) is 14.3. The maximum absolute atomic E-state index is 12.4. The number of hydrogen-bond acceptors (Lipinski definition) is 4. The molecule has 1 saturated heterocycles. The van der Waals surface area contributed by atoms with E-state index in [1.165, 1.54) is 31.4 Å². The summed E-state index contributed by atoms with van der Waals surface area (Å²) < 4.78 is 33.5. The Kier molecular flexibility index (Phi) is 5.76. The summed E-state index contributed by atoms with van der Waals surface area (Å²) in [6, 6.07) is 5.64. The Hall–Kier alpha value is -1.89. The predicted molar refractivity (Wildman–Crippen MR) is 88.1 cm³/mol. The second-order valence-corrected chi connectivity index (χ2v) is 7.05. The maximum atomic E-state index is 12.4. The Balaban J connectivity index is 2.20. The van der Waals surface area contributed by atoms with Crippen LogP contribution in [-0.4, -0.2) is 45.3 Å². The van der Waals surface area contributed by atoms with E-state index in [2.05, 4.69) is 16.1 Å². The summed E-state index contributed by atoms with van der Waals surface area (Å²) in [5.41, 5.74) is 0.310. The molecule has 1 heterocycles. The lowest BCUT2D eigenvalue weighted by Crippen LogP contribution is -2.26. The average molecular weight is 338 g/mol. The second kappa shape index (κ2) is 7.59. The summed E-state index contributed by atoms with van der Waals surface area (Å²) in [6.45, 7) is 3.80. The van der Waals surface area contributed by atoms with Crippen molar-refractivity contribution in [2.45, 2.75) is 37.5 Å². The van der Waals surface area contributed by atoms with E-state index >= 15 is 0 Å². The summed E-state index contributed by atoms with van der Waals surface area (Å²) in [5.74, 6) is 0.136. The lowest BCUT2D eigenvalue weighted by Gasteiger charge is -2.18. The van der Waals surface area contributed by atoms with Crippen molar-refractivity contribution in [3.05, 3.63) is 29.8 Å². The Morgan fingerprint density at radius 2 is 2.00 bits per heavy atom. The van der Waals surface area contributed by atoms with Crippen LogP contribution in [0.2, 0.25) is 0 Å². The molecule has 1 fully saturated rings. The van der Waals surface area contributed by atoms with E-state index in [4.69, 9.17) is 0 Å². The molecule has 0 radical (unpaired) electrons. The normalized spacial score (nSPS) is 16.8. The number of esters is 1. The van der Waals surface area contributed by atoms with Gasteiger partial charge >= 0.3 is 5.97 Å². The molecule has 23 heavy (non-hydrogen) atoms. The zero-order chi connectivity index (χ0) is 16.9. The number of rotatable bonds is 6. The fourth-order valence-corrected chi connectivity index (χ4v) is 3.55. The van der Waals surface area contributed by atoms with Crippen LogP contribution in [0.4, 0.5) is 0 Å². The van der Waals surface area contributed by atoms with Gasteiger partial charge in [-0.2, -0.15) is 8.42 Å². The largest absolute Gasteiger partial charge is 0.465 e. The van der Waals surface area contributed by atoms with Gasteiger partial charge in [-0.3, -0.25) is 0 Å². The van der Waals surface area contributed by atoms with Crippen molar-refractivity contribution in [2.24, 2.45) is 4.40 Å². The minimum absolute atomic E-state index is 0.0833. The molecule has 0 aromatic heterocycles. The Morgan fingerprint density at radius 1 is 1.30 bits per heavy atom. The highest BCUT2D eigenvalue weighted by Gasteiger charge is 2.22. The average Bonchev–Trinajstić information content (AvgIpc) is 2.98. The Morgan fingerprint density at radius 3 is 2.61 bits per heavy atom. The molecular weight excluding hydrogens is 316 g/mol. The molecule has 0 amide bonds. The number of carbonyl (C=O) groups is 1. The van der Waals surface area contributed by atoms with E-state index in [1.54, 1.807) is 0 Å². The van der Waals surface area contributed by atoms with Crippen LogP contribution in [0.5, 0.6) is 0 Å². The molecule has 0 N–H and O–H groups in total. The maximum Gasteiger partial charge on any atom is 0.337 e. The smallest absolute Gasteiger partial charge is 0.337 e. The first-order valence-electron chi connectivity index (χ1n) is 7.75. The molecule has 2 rings (SSSR count). The third-order valence-electron chi connectivity index (χ3n) is 3.77. The molecular formula is C16H22N2O4S. The van der Waals surface area contributed by atoms with Crippen molar-refractivity contribution in [1.29, 1.82) is 0 Å². The van der Waals surface area contributed by atoms with Crippen LogP contribution >= 0.6 is 0 Å². The summed E-state index contributed by atoms with van der Waals surface area (Å²) in [4.78, 5) is 13.5. The Labute approximate surface area is 137 Å². The van der Waals surface area contributed by atoms with Gasteiger partial charge in [-0.05, 0) is 37.1 Å². The molecule has 126 valence electrons. The fourth-order valence-electron chi connectivity index (χ4n) is 2.48. The SMILES string of the molecule is CCCCN1CCC/C1=N\S(=O)(=O)c1ccc(C(=O)OC)cc1. The fraction of sp³-hybridized carbons (Fsp3) is 0.500. The number of methoxy groups -OCH3 is 1. The molecule has 1 aromatic carbocycles. The second-order valence-electron chi connectivity index (χ2n) is 5.44. The first-order chi connectivity index (χ1) is 11.0. The van der Waals surface area contributed by atoms with E-state index in [-0.39, 0.29) is 4.90 Å². The predicted octanol–water partition coefficient (Wildman–Crippen LogP) is 2.46. The van der Waals surface area contributed by atoms with Crippen molar-refractivity contribution >= 4 is 21.8 Å². The molecule has 1 aliphatic heterocycles. The highest BCUT2D eigenvalue weighted by atomic mass is 32.2. The summed E-state index contributed by atoms with van der Waals surface area (Å²) in [7, 11) is -2.47. The number of hydrogen-bond donors (Lipinski definition) is 0. The topological polar surface area (TPSA) is 76.0 Å². The van der Waals surface area contributed by atoms with Gasteiger partial charge in [-0.15, -0.1) is 4.40 Å². The Bertz CT molecular complexity index is 681. The molecule has 0 bridgehead atoms. The van der Waals surface area contributed by atoms with Crippen LogP contribution in [0, 0.1) is 0 Å². The number of likely N-dealkylation sites (tertiary alicyclic amines) is 1. The highest BCUT2D eigenvalue weighted by Crippen LogP contribution is 2.19. The summed E-state index contributed by atoms with van der Waals surface area (Å²) in [5, 5.41) is 0. The van der Waals surface area contributed by atoms with Gasteiger partial charge in [0.25, 0.3) is 10.0 Å². The van der Waals surface area contributed by atoms with Gasteiger partial charge in [-0.1, -0.05) is 13.3 Å². The molecule has 0 saturated carbocycles. The number of unbranched alkanes of at least 4 members (excludes halogenated alkanes) is 1. The van der Waals surface area contributed by atoms with Crippen LogP contribution in [0.15, 0.2) is 33.6 Å². The van der Waals surface area contributed by atoms with Crippen molar-refractivity contribution in [2.75, 3.05) is 20.2 Å². The van der Waals surface area contributed by atoms with Gasteiger partial charge in [0.1, 0.15) is 5.84 Å². The number of benzene rings is 1. The summed E-state index contributed by atoms with van der Waals surface area (Å²) >= 11 is 0. The first-order valence-corrected chi connectivity index (χ1v) is 9.19. The van der Waals surface area contributed by atoms with Gasteiger partial charge in [0.15, 0.2) is 0 Å². The van der Waals surface area contributed by atoms with E-state index in [1.807, 2.05) is 4.90 Å². The third-order valence-corrected chi connectivity index (χ3v) is 5.09. The van der Waals surface area contributed by atoms with E-state index < -0.39 is 16.0 Å². The van der Waals surface area contributed by atoms with E-state index in [0.29, 0.717) is 17.8 Å². The van der Waals surface area contributed by atoms with Crippen LogP contribution in [0.1, 0.15) is 43.0 Å². The van der Waals surface area contributed by atoms with Crippen LogP contribution in [-0.2, 0) is 14.8 Å². The van der Waals surface area contributed by atoms with Crippen LogP contribution < -0.4 is 0 Å². The van der Waals surface area contributed by atoms with Gasteiger partial charge in [0.05, 0.1) is 17.6 Å². The van der Waals surface area contributed by atoms with Gasteiger partial charge < -0.3 is 9.64 Å². The number of sulfonamides is 1. The van der Waals surface area contributed by atoms with Crippen molar-refractivity contribution in [3.63, 3.8) is 0 Å². The minimum atomic E-state index is -3.76. The van der Waals surface area contributed by atoms with Crippen molar-refractivity contribution in [1.82, 2.24) is 4.90 Å². The number of nitrogens with zero attached hydrogens (tertiary/aromatic N) is 2. The molecule has 0 spiro atoms. The molecule has 0 unspecified atom stereocenters. The quantitative estimate of drug-likeness (QED) is 0.745. The first kappa shape index (κ1) is 17.5. The number of amidine groups is 1. The lowest BCUT2D eigenvalue weighted by molar-refractivity contribution is 0.0600.